The molecule has 0 fully saturated rings. The van der Waals surface area contributed by atoms with Gasteiger partial charge in [-0.1, -0.05) is 13.8 Å². The van der Waals surface area contributed by atoms with Crippen molar-refractivity contribution >= 4 is 5.91 Å². The zero-order valence-electron chi connectivity index (χ0n) is 10.3. The van der Waals surface area contributed by atoms with Gasteiger partial charge in [0.1, 0.15) is 0 Å². The van der Waals surface area contributed by atoms with Crippen LogP contribution in [0.1, 0.15) is 32.3 Å². The van der Waals surface area contributed by atoms with Gasteiger partial charge in [0.2, 0.25) is 5.91 Å². The molecule has 0 spiro atoms. The lowest BCUT2D eigenvalue weighted by molar-refractivity contribution is -0.134. The highest BCUT2D eigenvalue weighted by Crippen LogP contribution is 2.12. The number of carbonyl (C=O) groups is 1. The maximum Gasteiger partial charge on any atom is 0.225 e. The molecule has 0 saturated carbocycles. The van der Waals surface area contributed by atoms with Gasteiger partial charge in [0.05, 0.1) is 0 Å². The van der Waals surface area contributed by atoms with E-state index >= 15 is 0 Å². The highest BCUT2D eigenvalue weighted by Gasteiger charge is 2.18. The average molecular weight is 220 g/mol. The molecule has 0 radical (unpaired) electrons. The summed E-state index contributed by atoms with van der Waals surface area (Å²) in [6.45, 7) is 4.79. The Kier molecular flexibility index (Phi) is 4.96. The van der Waals surface area contributed by atoms with Crippen LogP contribution in [0.5, 0.6) is 0 Å². The summed E-state index contributed by atoms with van der Waals surface area (Å²) in [7, 11) is 1.86. The molecule has 1 aromatic heterocycles. The molecule has 88 valence electrons. The molecule has 1 heterocycles. The Morgan fingerprint density at radius 2 is 1.88 bits per heavy atom. The fraction of sp³-hybridized carbons (Fsp3) is 0.538. The van der Waals surface area contributed by atoms with E-state index in [9.17, 15) is 4.79 Å². The first-order valence-electron chi connectivity index (χ1n) is 5.82. The Balaban J connectivity index is 2.58. The molecule has 0 aromatic carbocycles. The first-order chi connectivity index (χ1) is 7.69. The molecule has 0 unspecified atom stereocenters. The topological polar surface area (TPSA) is 33.2 Å². The molecule has 0 N–H and O–H groups in total. The number of amides is 1. The third-order valence-corrected chi connectivity index (χ3v) is 2.88. The summed E-state index contributed by atoms with van der Waals surface area (Å²) in [5, 5.41) is 0. The van der Waals surface area contributed by atoms with Crippen molar-refractivity contribution in [1.29, 1.82) is 0 Å². The summed E-state index contributed by atoms with van der Waals surface area (Å²) >= 11 is 0. The van der Waals surface area contributed by atoms with Crippen molar-refractivity contribution in [3.05, 3.63) is 30.1 Å². The van der Waals surface area contributed by atoms with Crippen LogP contribution < -0.4 is 0 Å². The van der Waals surface area contributed by atoms with E-state index in [4.69, 9.17) is 0 Å². The second-order valence-electron chi connectivity index (χ2n) is 4.06. The van der Waals surface area contributed by atoms with Gasteiger partial charge in [0.15, 0.2) is 0 Å². The van der Waals surface area contributed by atoms with Gasteiger partial charge >= 0.3 is 0 Å². The predicted octanol–water partition coefficient (Wildman–Crippen LogP) is 2.48. The molecular formula is C13H20N2O. The summed E-state index contributed by atoms with van der Waals surface area (Å²) in [6, 6.07) is 3.88. The quantitative estimate of drug-likeness (QED) is 0.763. The van der Waals surface area contributed by atoms with Gasteiger partial charge in [-0.2, -0.15) is 0 Å². The molecule has 0 aliphatic rings. The number of aromatic nitrogens is 1. The minimum Gasteiger partial charge on any atom is -0.341 e. The molecule has 0 atom stereocenters. The molecule has 3 nitrogen and oxygen atoms in total. The Morgan fingerprint density at radius 3 is 2.38 bits per heavy atom. The van der Waals surface area contributed by atoms with Crippen LogP contribution in [0, 0.1) is 5.92 Å². The second kappa shape index (κ2) is 6.26. The third kappa shape index (κ3) is 3.33. The maximum absolute atomic E-state index is 12.0. The summed E-state index contributed by atoms with van der Waals surface area (Å²) in [6.07, 6.45) is 5.33. The van der Waals surface area contributed by atoms with Crippen molar-refractivity contribution in [3.63, 3.8) is 0 Å². The van der Waals surface area contributed by atoms with E-state index in [-0.39, 0.29) is 11.8 Å². The molecule has 16 heavy (non-hydrogen) atoms. The Hall–Kier alpha value is -1.38. The van der Waals surface area contributed by atoms with E-state index in [0.29, 0.717) is 6.54 Å². The summed E-state index contributed by atoms with van der Waals surface area (Å²) in [5.41, 5.74) is 1.12. The maximum atomic E-state index is 12.0. The van der Waals surface area contributed by atoms with Gasteiger partial charge in [0.25, 0.3) is 0 Å². The highest BCUT2D eigenvalue weighted by molar-refractivity contribution is 5.78. The SMILES string of the molecule is CCC(CC)C(=O)N(C)Cc1ccncc1. The van der Waals surface area contributed by atoms with Gasteiger partial charge in [-0.15, -0.1) is 0 Å². The minimum atomic E-state index is 0.159. The van der Waals surface area contributed by atoms with Crippen molar-refractivity contribution < 1.29 is 4.79 Å². The monoisotopic (exact) mass is 220 g/mol. The van der Waals surface area contributed by atoms with Gasteiger partial charge in [-0.3, -0.25) is 9.78 Å². The number of nitrogens with zero attached hydrogens (tertiary/aromatic N) is 2. The Labute approximate surface area is 97.5 Å². The van der Waals surface area contributed by atoms with Gasteiger partial charge in [-0.25, -0.2) is 0 Å². The van der Waals surface area contributed by atoms with Crippen LogP contribution in [0.25, 0.3) is 0 Å². The molecule has 0 bridgehead atoms. The fourth-order valence-corrected chi connectivity index (χ4v) is 1.79. The highest BCUT2D eigenvalue weighted by atomic mass is 16.2. The normalized spacial score (nSPS) is 10.5. The van der Waals surface area contributed by atoms with Crippen LogP contribution in [0.4, 0.5) is 0 Å². The fourth-order valence-electron chi connectivity index (χ4n) is 1.79. The standard InChI is InChI=1S/C13H20N2O/c1-4-12(5-2)13(16)15(3)10-11-6-8-14-9-7-11/h6-9,12H,4-5,10H2,1-3H3. The zero-order valence-corrected chi connectivity index (χ0v) is 10.3. The number of hydrogen-bond acceptors (Lipinski definition) is 2. The third-order valence-electron chi connectivity index (χ3n) is 2.88. The number of carbonyl (C=O) groups excluding carboxylic acids is 1. The minimum absolute atomic E-state index is 0.159. The lowest BCUT2D eigenvalue weighted by atomic mass is 10.0. The number of hydrogen-bond donors (Lipinski definition) is 0. The van der Waals surface area contributed by atoms with E-state index in [0.717, 1.165) is 18.4 Å². The molecule has 0 saturated heterocycles. The largest absolute Gasteiger partial charge is 0.341 e. The summed E-state index contributed by atoms with van der Waals surface area (Å²) < 4.78 is 0. The number of rotatable bonds is 5. The first kappa shape index (κ1) is 12.7. The molecule has 0 aliphatic heterocycles. The van der Waals surface area contributed by atoms with E-state index in [2.05, 4.69) is 18.8 Å². The van der Waals surface area contributed by atoms with Crippen LogP contribution in [0.2, 0.25) is 0 Å². The Morgan fingerprint density at radius 1 is 1.31 bits per heavy atom. The predicted molar refractivity (Wildman–Crippen MR) is 64.8 cm³/mol. The van der Waals surface area contributed by atoms with E-state index < -0.39 is 0 Å². The van der Waals surface area contributed by atoms with Crippen molar-refractivity contribution in [1.82, 2.24) is 9.88 Å². The van der Waals surface area contributed by atoms with Crippen LogP contribution in [0.15, 0.2) is 24.5 Å². The van der Waals surface area contributed by atoms with Gasteiger partial charge in [0, 0.05) is 31.9 Å². The van der Waals surface area contributed by atoms with Crippen molar-refractivity contribution in [2.24, 2.45) is 5.92 Å². The molecular weight excluding hydrogens is 200 g/mol. The summed E-state index contributed by atoms with van der Waals surface area (Å²) in [4.78, 5) is 17.8. The molecule has 3 heteroatoms. The molecule has 1 aromatic rings. The van der Waals surface area contributed by atoms with Gasteiger partial charge in [-0.05, 0) is 30.5 Å². The lowest BCUT2D eigenvalue weighted by Gasteiger charge is -2.22. The zero-order chi connectivity index (χ0) is 12.0. The van der Waals surface area contributed by atoms with Crippen molar-refractivity contribution in [2.45, 2.75) is 33.2 Å². The van der Waals surface area contributed by atoms with Gasteiger partial charge < -0.3 is 4.90 Å². The van der Waals surface area contributed by atoms with Crippen molar-refractivity contribution in [2.75, 3.05) is 7.05 Å². The molecule has 0 aliphatic carbocycles. The van der Waals surface area contributed by atoms with Crippen LogP contribution in [-0.2, 0) is 11.3 Å². The van der Waals surface area contributed by atoms with E-state index in [1.165, 1.54) is 0 Å². The van der Waals surface area contributed by atoms with Crippen molar-refractivity contribution in [3.8, 4) is 0 Å². The molecule has 1 amide bonds. The second-order valence-corrected chi connectivity index (χ2v) is 4.06. The van der Waals surface area contributed by atoms with Crippen LogP contribution in [-0.4, -0.2) is 22.8 Å². The van der Waals surface area contributed by atoms with Crippen LogP contribution in [0.3, 0.4) is 0 Å². The summed E-state index contributed by atoms with van der Waals surface area (Å²) in [5.74, 6) is 0.397. The molecule has 1 rings (SSSR count). The average Bonchev–Trinajstić information content (AvgIpc) is 2.31. The van der Waals surface area contributed by atoms with Crippen LogP contribution >= 0.6 is 0 Å². The number of pyridine rings is 1. The van der Waals surface area contributed by atoms with E-state index in [1.54, 1.807) is 17.3 Å². The Bertz CT molecular complexity index is 320. The smallest absolute Gasteiger partial charge is 0.225 e. The first-order valence-corrected chi connectivity index (χ1v) is 5.82. The van der Waals surface area contributed by atoms with E-state index in [1.807, 2.05) is 19.2 Å². The lowest BCUT2D eigenvalue weighted by Crippen LogP contribution is -2.32.